The number of hydrogen-bond acceptors (Lipinski definition) is 4. The van der Waals surface area contributed by atoms with E-state index in [4.69, 9.17) is 0 Å². The maximum Gasteiger partial charge on any atom is 0.0558 e. The van der Waals surface area contributed by atoms with Gasteiger partial charge in [-0.05, 0) is 53.3 Å². The van der Waals surface area contributed by atoms with Gasteiger partial charge in [-0.15, -0.1) is 0 Å². The number of halogens is 1. The second-order valence-corrected chi connectivity index (χ2v) is 10.1. The summed E-state index contributed by atoms with van der Waals surface area (Å²) in [6, 6.07) is 14.2. The van der Waals surface area contributed by atoms with Crippen molar-refractivity contribution in [3.63, 3.8) is 0 Å². The molecule has 4 rings (SSSR count). The van der Waals surface area contributed by atoms with Crippen LogP contribution in [0.2, 0.25) is 0 Å². The number of piperazine rings is 1. The van der Waals surface area contributed by atoms with Crippen molar-refractivity contribution in [2.75, 3.05) is 39.3 Å². The minimum Gasteiger partial charge on any atom is -0.395 e. The van der Waals surface area contributed by atoms with E-state index in [9.17, 15) is 5.11 Å². The molecule has 2 aliphatic heterocycles. The summed E-state index contributed by atoms with van der Waals surface area (Å²) in [5.74, 6) is 0.539. The lowest BCUT2D eigenvalue weighted by Crippen LogP contribution is -2.48. The highest BCUT2D eigenvalue weighted by atomic mass is 79.9. The van der Waals surface area contributed by atoms with Crippen LogP contribution >= 0.6 is 27.7 Å². The van der Waals surface area contributed by atoms with Crippen molar-refractivity contribution in [3.8, 4) is 0 Å². The Hall–Kier alpha value is -0.850. The van der Waals surface area contributed by atoms with Crippen molar-refractivity contribution < 1.29 is 5.11 Å². The van der Waals surface area contributed by atoms with Gasteiger partial charge in [-0.3, -0.25) is 9.80 Å². The van der Waals surface area contributed by atoms with Gasteiger partial charge < -0.3 is 5.11 Å². The van der Waals surface area contributed by atoms with Gasteiger partial charge in [-0.1, -0.05) is 53.7 Å². The first-order valence-corrected chi connectivity index (χ1v) is 11.8. The van der Waals surface area contributed by atoms with E-state index in [0.717, 1.165) is 43.6 Å². The summed E-state index contributed by atoms with van der Waals surface area (Å²) in [5.41, 5.74) is 4.35. The van der Waals surface area contributed by atoms with E-state index in [1.165, 1.54) is 26.5 Å². The fourth-order valence-electron chi connectivity index (χ4n) is 4.29. The lowest BCUT2D eigenvalue weighted by molar-refractivity contribution is 0.0823. The molecule has 1 N–H and O–H groups in total. The third-order valence-corrected chi connectivity index (χ3v) is 7.68. The highest BCUT2D eigenvalue weighted by Gasteiger charge is 2.30. The quantitative estimate of drug-likeness (QED) is 0.699. The Morgan fingerprint density at radius 2 is 1.82 bits per heavy atom. The van der Waals surface area contributed by atoms with Crippen LogP contribution in [0, 0.1) is 0 Å². The van der Waals surface area contributed by atoms with Gasteiger partial charge in [0, 0.05) is 53.0 Å². The van der Waals surface area contributed by atoms with Crippen molar-refractivity contribution in [1.29, 1.82) is 0 Å². The SMILES string of the molecule is CC(C)c1ccc2c(c1)[C@@H](N1CCN(CCO)CC1)Cc1cc(Br)ccc1S2. The number of aliphatic hydroxyl groups excluding tert-OH is 1. The zero-order valence-electron chi connectivity index (χ0n) is 16.7. The number of hydrogen-bond donors (Lipinski definition) is 1. The molecule has 0 unspecified atom stereocenters. The maximum atomic E-state index is 9.26. The molecule has 2 aromatic rings. The summed E-state index contributed by atoms with van der Waals surface area (Å²) in [6.07, 6.45) is 1.05. The van der Waals surface area contributed by atoms with E-state index in [0.29, 0.717) is 12.0 Å². The molecular formula is C23H29BrN2OS. The standard InChI is InChI=1S/C23H29BrN2OS/c1-16(2)17-3-5-23-20(14-17)21(26-9-7-25(8-10-26)11-12-27)15-18-13-19(24)4-6-22(18)28-23/h3-6,13-14,16,21,27H,7-12,15H2,1-2H3/t21-/m0/s1. The molecule has 0 radical (unpaired) electrons. The summed E-state index contributed by atoms with van der Waals surface area (Å²) in [5, 5.41) is 9.26. The van der Waals surface area contributed by atoms with Crippen LogP contribution in [0.25, 0.3) is 0 Å². The number of aliphatic hydroxyl groups is 1. The summed E-state index contributed by atoms with van der Waals surface area (Å²) < 4.78 is 1.16. The molecule has 2 aliphatic rings. The topological polar surface area (TPSA) is 26.7 Å². The molecule has 1 atom stereocenters. The van der Waals surface area contributed by atoms with Gasteiger partial charge in [0.05, 0.1) is 6.61 Å². The highest BCUT2D eigenvalue weighted by Crippen LogP contribution is 2.44. The van der Waals surface area contributed by atoms with E-state index in [-0.39, 0.29) is 6.61 Å². The lowest BCUT2D eigenvalue weighted by Gasteiger charge is -2.39. The Bertz CT molecular complexity index is 833. The number of β-amino-alcohol motifs (C(OH)–C–C–N with tert-alkyl or cyclic N) is 1. The summed E-state index contributed by atoms with van der Waals surface area (Å²) in [7, 11) is 0. The molecule has 5 heteroatoms. The summed E-state index contributed by atoms with van der Waals surface area (Å²) >= 11 is 5.59. The zero-order valence-corrected chi connectivity index (χ0v) is 19.1. The van der Waals surface area contributed by atoms with Gasteiger partial charge >= 0.3 is 0 Å². The molecule has 0 spiro atoms. The van der Waals surface area contributed by atoms with Crippen LogP contribution in [0.1, 0.15) is 42.5 Å². The van der Waals surface area contributed by atoms with Crippen LogP contribution in [0.5, 0.6) is 0 Å². The van der Waals surface area contributed by atoms with Gasteiger partial charge in [0.25, 0.3) is 0 Å². The fraction of sp³-hybridized carbons (Fsp3) is 0.478. The molecule has 0 bridgehead atoms. The highest BCUT2D eigenvalue weighted by molar-refractivity contribution is 9.10. The molecule has 2 heterocycles. The largest absolute Gasteiger partial charge is 0.395 e. The van der Waals surface area contributed by atoms with Crippen LogP contribution in [-0.4, -0.2) is 54.2 Å². The molecular weight excluding hydrogens is 432 g/mol. The third-order valence-electron chi connectivity index (χ3n) is 5.98. The molecule has 0 aromatic heterocycles. The van der Waals surface area contributed by atoms with Crippen molar-refractivity contribution in [3.05, 3.63) is 57.6 Å². The van der Waals surface area contributed by atoms with Crippen molar-refractivity contribution >= 4 is 27.7 Å². The van der Waals surface area contributed by atoms with E-state index < -0.39 is 0 Å². The Morgan fingerprint density at radius 1 is 1.07 bits per heavy atom. The maximum absolute atomic E-state index is 9.26. The van der Waals surface area contributed by atoms with Crippen molar-refractivity contribution in [2.24, 2.45) is 0 Å². The van der Waals surface area contributed by atoms with Crippen molar-refractivity contribution in [2.45, 2.75) is 42.0 Å². The van der Waals surface area contributed by atoms with E-state index >= 15 is 0 Å². The summed E-state index contributed by atoms with van der Waals surface area (Å²) in [6.45, 7) is 9.79. The number of rotatable bonds is 4. The third kappa shape index (κ3) is 4.34. The predicted octanol–water partition coefficient (Wildman–Crippen LogP) is 4.93. The van der Waals surface area contributed by atoms with E-state index in [1.54, 1.807) is 0 Å². The minimum atomic E-state index is 0.252. The second kappa shape index (κ2) is 8.88. The molecule has 0 aliphatic carbocycles. The second-order valence-electron chi connectivity index (χ2n) is 8.13. The molecule has 1 fully saturated rings. The smallest absolute Gasteiger partial charge is 0.0558 e. The van der Waals surface area contributed by atoms with Crippen LogP contribution in [0.4, 0.5) is 0 Å². The number of fused-ring (bicyclic) bond motifs is 2. The van der Waals surface area contributed by atoms with Gasteiger partial charge in [-0.2, -0.15) is 0 Å². The minimum absolute atomic E-state index is 0.252. The Labute approximate surface area is 181 Å². The Balaban J connectivity index is 1.70. The van der Waals surface area contributed by atoms with Crippen LogP contribution in [0.3, 0.4) is 0 Å². The first-order valence-electron chi connectivity index (χ1n) is 10.2. The predicted molar refractivity (Wildman–Crippen MR) is 120 cm³/mol. The molecule has 28 heavy (non-hydrogen) atoms. The fourth-order valence-corrected chi connectivity index (χ4v) is 5.79. The average molecular weight is 461 g/mol. The Kier molecular flexibility index (Phi) is 6.48. The van der Waals surface area contributed by atoms with Gasteiger partial charge in [-0.25, -0.2) is 0 Å². The molecule has 1 saturated heterocycles. The number of benzene rings is 2. The van der Waals surface area contributed by atoms with Gasteiger partial charge in [0.1, 0.15) is 0 Å². The van der Waals surface area contributed by atoms with E-state index in [2.05, 4.69) is 76.0 Å². The molecule has 150 valence electrons. The average Bonchev–Trinajstić information content (AvgIpc) is 2.84. The monoisotopic (exact) mass is 460 g/mol. The van der Waals surface area contributed by atoms with Crippen LogP contribution in [-0.2, 0) is 6.42 Å². The van der Waals surface area contributed by atoms with Gasteiger partial charge in [0.2, 0.25) is 0 Å². The first-order chi connectivity index (χ1) is 13.5. The van der Waals surface area contributed by atoms with Crippen molar-refractivity contribution in [1.82, 2.24) is 9.80 Å². The number of nitrogens with zero attached hydrogens (tertiary/aromatic N) is 2. The van der Waals surface area contributed by atoms with Crippen LogP contribution < -0.4 is 0 Å². The molecule has 0 amide bonds. The normalized spacial score (nSPS) is 20.7. The zero-order chi connectivity index (χ0) is 19.7. The Morgan fingerprint density at radius 3 is 2.54 bits per heavy atom. The molecule has 0 saturated carbocycles. The summed E-state index contributed by atoms with van der Waals surface area (Å²) in [4.78, 5) is 7.81. The van der Waals surface area contributed by atoms with Gasteiger partial charge in [0.15, 0.2) is 0 Å². The lowest BCUT2D eigenvalue weighted by atomic mass is 9.93. The van der Waals surface area contributed by atoms with Crippen LogP contribution in [0.15, 0.2) is 50.7 Å². The van der Waals surface area contributed by atoms with E-state index in [1.807, 2.05) is 11.8 Å². The molecule has 2 aromatic carbocycles. The first kappa shape index (κ1) is 20.4. The molecule has 3 nitrogen and oxygen atoms in total.